The Bertz CT molecular complexity index is 1000. The summed E-state index contributed by atoms with van der Waals surface area (Å²) in [5, 5.41) is 7.49. The number of fused-ring (bicyclic) bond motifs is 2. The van der Waals surface area contributed by atoms with E-state index in [-0.39, 0.29) is 17.9 Å². The minimum atomic E-state index is 0.0580. The van der Waals surface area contributed by atoms with Crippen LogP contribution in [0.15, 0.2) is 24.3 Å². The molecule has 170 valence electrons. The normalized spacial score (nSPS) is 23.0. The summed E-state index contributed by atoms with van der Waals surface area (Å²) in [6.07, 6.45) is 7.31. The van der Waals surface area contributed by atoms with E-state index in [1.807, 2.05) is 23.1 Å². The van der Waals surface area contributed by atoms with Crippen molar-refractivity contribution in [2.75, 3.05) is 26.7 Å². The van der Waals surface area contributed by atoms with Crippen molar-refractivity contribution in [2.45, 2.75) is 57.4 Å². The summed E-state index contributed by atoms with van der Waals surface area (Å²) in [4.78, 5) is 30.1. The standard InChI is InChI=1S/C25H32N4O3/c1-32-19-6-4-5-17(15-19)11-14-29-22-12-13-28(16-18(22)9-10-23(29)30)25(31)24-20-7-2-3-8-21(20)26-27-24/h4-6,15,18,22H,2-3,7-14,16H2,1H3,(H,26,27)/t18-,22+/m1/s1. The van der Waals surface area contributed by atoms with Crippen LogP contribution in [0.1, 0.15) is 59.4 Å². The highest BCUT2D eigenvalue weighted by atomic mass is 16.5. The number of nitrogens with zero attached hydrogens (tertiary/aromatic N) is 3. The van der Waals surface area contributed by atoms with Gasteiger partial charge in [0.15, 0.2) is 5.69 Å². The van der Waals surface area contributed by atoms with Crippen molar-refractivity contribution >= 4 is 11.8 Å². The molecule has 3 aliphatic rings. The van der Waals surface area contributed by atoms with Crippen LogP contribution in [0.5, 0.6) is 5.75 Å². The third kappa shape index (κ3) is 4.00. The smallest absolute Gasteiger partial charge is 0.274 e. The number of nitrogens with one attached hydrogen (secondary N) is 1. The number of amides is 2. The molecule has 1 N–H and O–H groups in total. The Morgan fingerprint density at radius 3 is 2.97 bits per heavy atom. The van der Waals surface area contributed by atoms with Gasteiger partial charge in [0.1, 0.15) is 5.75 Å². The number of rotatable bonds is 5. The van der Waals surface area contributed by atoms with Gasteiger partial charge in [-0.15, -0.1) is 0 Å². The minimum Gasteiger partial charge on any atom is -0.497 e. The molecule has 0 spiro atoms. The maximum absolute atomic E-state index is 13.3. The third-order valence-corrected chi connectivity index (χ3v) is 7.47. The number of methoxy groups -OCH3 is 1. The number of carbonyl (C=O) groups is 2. The number of H-pyrrole nitrogens is 1. The molecule has 2 saturated heterocycles. The van der Waals surface area contributed by atoms with E-state index in [1.165, 1.54) is 5.56 Å². The molecular formula is C25H32N4O3. The molecular weight excluding hydrogens is 404 g/mol. The largest absolute Gasteiger partial charge is 0.497 e. The lowest BCUT2D eigenvalue weighted by Crippen LogP contribution is -2.57. The molecule has 2 amide bonds. The van der Waals surface area contributed by atoms with E-state index < -0.39 is 0 Å². The monoisotopic (exact) mass is 436 g/mol. The van der Waals surface area contributed by atoms with Crippen LogP contribution in [0.4, 0.5) is 0 Å². The molecule has 2 atom stereocenters. The molecule has 5 rings (SSSR count). The molecule has 0 bridgehead atoms. The molecule has 0 radical (unpaired) electrons. The number of aryl methyl sites for hydroxylation is 1. The number of hydrogen-bond acceptors (Lipinski definition) is 4. The van der Waals surface area contributed by atoms with Crippen molar-refractivity contribution in [1.29, 1.82) is 0 Å². The molecule has 2 aromatic rings. The topological polar surface area (TPSA) is 78.5 Å². The van der Waals surface area contributed by atoms with Crippen molar-refractivity contribution in [3.63, 3.8) is 0 Å². The summed E-state index contributed by atoms with van der Waals surface area (Å²) >= 11 is 0. The Kier molecular flexibility index (Phi) is 5.89. The lowest BCUT2D eigenvalue weighted by atomic mass is 9.83. The fourth-order valence-corrected chi connectivity index (χ4v) is 5.71. The Morgan fingerprint density at radius 1 is 1.22 bits per heavy atom. The van der Waals surface area contributed by atoms with Crippen LogP contribution >= 0.6 is 0 Å². The molecule has 2 aliphatic heterocycles. The molecule has 0 saturated carbocycles. The van der Waals surface area contributed by atoms with Crippen LogP contribution in [-0.2, 0) is 24.1 Å². The number of aromatic nitrogens is 2. The lowest BCUT2D eigenvalue weighted by molar-refractivity contribution is -0.140. The van der Waals surface area contributed by atoms with Gasteiger partial charge in [0.25, 0.3) is 5.91 Å². The predicted molar refractivity (Wildman–Crippen MR) is 121 cm³/mol. The van der Waals surface area contributed by atoms with Gasteiger partial charge in [-0.1, -0.05) is 12.1 Å². The SMILES string of the molecule is COc1cccc(CCN2C(=O)CC[C@@H]3CN(C(=O)c4n[nH]c5c4CCCC5)CC[C@@H]32)c1. The van der Waals surface area contributed by atoms with Crippen LogP contribution in [-0.4, -0.2) is 64.6 Å². The second-order valence-electron chi connectivity index (χ2n) is 9.33. The Balaban J connectivity index is 1.25. The van der Waals surface area contributed by atoms with Gasteiger partial charge in [-0.2, -0.15) is 5.10 Å². The van der Waals surface area contributed by atoms with Crippen LogP contribution in [0.25, 0.3) is 0 Å². The van der Waals surface area contributed by atoms with Crippen LogP contribution < -0.4 is 4.74 Å². The second kappa shape index (κ2) is 8.96. The van der Waals surface area contributed by atoms with E-state index in [9.17, 15) is 9.59 Å². The Morgan fingerprint density at radius 2 is 2.09 bits per heavy atom. The van der Waals surface area contributed by atoms with E-state index in [0.717, 1.165) is 62.0 Å². The van der Waals surface area contributed by atoms with Gasteiger partial charge < -0.3 is 14.5 Å². The lowest BCUT2D eigenvalue weighted by Gasteiger charge is -2.47. The number of hydrogen-bond donors (Lipinski definition) is 1. The molecule has 1 aromatic carbocycles. The highest BCUT2D eigenvalue weighted by molar-refractivity contribution is 5.94. The quantitative estimate of drug-likeness (QED) is 0.782. The molecule has 1 aromatic heterocycles. The van der Waals surface area contributed by atoms with Gasteiger partial charge >= 0.3 is 0 Å². The van der Waals surface area contributed by atoms with E-state index >= 15 is 0 Å². The number of likely N-dealkylation sites (tertiary alicyclic amines) is 2. The number of benzene rings is 1. The zero-order valence-corrected chi connectivity index (χ0v) is 18.8. The summed E-state index contributed by atoms with van der Waals surface area (Å²) in [6.45, 7) is 2.12. The molecule has 1 aliphatic carbocycles. The summed E-state index contributed by atoms with van der Waals surface area (Å²) in [5.41, 5.74) is 4.07. The highest BCUT2D eigenvalue weighted by Crippen LogP contribution is 2.33. The Labute approximate surface area is 189 Å². The summed E-state index contributed by atoms with van der Waals surface area (Å²) in [7, 11) is 1.67. The van der Waals surface area contributed by atoms with Gasteiger partial charge in [0.05, 0.1) is 7.11 Å². The summed E-state index contributed by atoms with van der Waals surface area (Å²) in [5.74, 6) is 1.49. The van der Waals surface area contributed by atoms with E-state index in [1.54, 1.807) is 7.11 Å². The molecule has 32 heavy (non-hydrogen) atoms. The fourth-order valence-electron chi connectivity index (χ4n) is 5.71. The maximum atomic E-state index is 13.3. The van der Waals surface area contributed by atoms with Crippen molar-refractivity contribution in [2.24, 2.45) is 5.92 Å². The molecule has 0 unspecified atom stereocenters. The van der Waals surface area contributed by atoms with E-state index in [0.29, 0.717) is 37.7 Å². The minimum absolute atomic E-state index is 0.0580. The molecule has 3 heterocycles. The molecule has 2 fully saturated rings. The van der Waals surface area contributed by atoms with Gasteiger partial charge in [0, 0.05) is 43.4 Å². The number of carbonyl (C=O) groups excluding carboxylic acids is 2. The Hall–Kier alpha value is -2.83. The zero-order chi connectivity index (χ0) is 22.1. The van der Waals surface area contributed by atoms with Crippen LogP contribution in [0, 0.1) is 5.92 Å². The van der Waals surface area contributed by atoms with Crippen molar-refractivity contribution < 1.29 is 14.3 Å². The number of aromatic amines is 1. The summed E-state index contributed by atoms with van der Waals surface area (Å²) < 4.78 is 5.33. The average Bonchev–Trinajstić information content (AvgIpc) is 3.27. The van der Waals surface area contributed by atoms with E-state index in [4.69, 9.17) is 4.74 Å². The number of ether oxygens (including phenoxy) is 1. The van der Waals surface area contributed by atoms with Crippen molar-refractivity contribution in [3.05, 3.63) is 46.8 Å². The first kappa shape index (κ1) is 21.0. The first-order chi connectivity index (χ1) is 15.6. The average molecular weight is 437 g/mol. The summed E-state index contributed by atoms with van der Waals surface area (Å²) in [6, 6.07) is 8.28. The zero-order valence-electron chi connectivity index (χ0n) is 18.8. The van der Waals surface area contributed by atoms with Gasteiger partial charge in [-0.3, -0.25) is 14.7 Å². The third-order valence-electron chi connectivity index (χ3n) is 7.47. The van der Waals surface area contributed by atoms with Crippen molar-refractivity contribution in [1.82, 2.24) is 20.0 Å². The molecule has 7 heteroatoms. The van der Waals surface area contributed by atoms with Gasteiger partial charge in [-0.25, -0.2) is 0 Å². The molecule has 7 nitrogen and oxygen atoms in total. The highest BCUT2D eigenvalue weighted by Gasteiger charge is 2.41. The first-order valence-electron chi connectivity index (χ1n) is 11.9. The van der Waals surface area contributed by atoms with E-state index in [2.05, 4.69) is 21.2 Å². The van der Waals surface area contributed by atoms with Gasteiger partial charge in [0.2, 0.25) is 5.91 Å². The second-order valence-corrected chi connectivity index (χ2v) is 9.33. The van der Waals surface area contributed by atoms with Crippen molar-refractivity contribution in [3.8, 4) is 5.75 Å². The van der Waals surface area contributed by atoms with Crippen LogP contribution in [0.2, 0.25) is 0 Å². The van der Waals surface area contributed by atoms with Crippen LogP contribution in [0.3, 0.4) is 0 Å². The fraction of sp³-hybridized carbons (Fsp3) is 0.560. The van der Waals surface area contributed by atoms with Gasteiger partial charge in [-0.05, 0) is 68.6 Å². The predicted octanol–water partition coefficient (Wildman–Crippen LogP) is 2.99. The number of piperidine rings is 2. The maximum Gasteiger partial charge on any atom is 0.274 e. The first-order valence-corrected chi connectivity index (χ1v) is 11.9.